The van der Waals surface area contributed by atoms with E-state index < -0.39 is 0 Å². The molecular weight excluding hydrogens is 350 g/mol. The fourth-order valence-electron chi connectivity index (χ4n) is 4.45. The molecule has 28 heavy (non-hydrogen) atoms. The zero-order chi connectivity index (χ0) is 20.5. The number of benzene rings is 1. The molecule has 1 heterocycles. The normalized spacial score (nSPS) is 17.5. The third-order valence-corrected chi connectivity index (χ3v) is 6.26. The van der Waals surface area contributed by atoms with Crippen molar-refractivity contribution in [3.05, 3.63) is 29.8 Å². The molecule has 5 heteroatoms. The van der Waals surface area contributed by atoms with Crippen LogP contribution in [0.4, 0.5) is 5.69 Å². The Labute approximate surface area is 171 Å². The van der Waals surface area contributed by atoms with Crippen LogP contribution in [0.2, 0.25) is 0 Å². The largest absolute Gasteiger partial charge is 0.372 e. The summed E-state index contributed by atoms with van der Waals surface area (Å²) in [4.78, 5) is 27.1. The van der Waals surface area contributed by atoms with Gasteiger partial charge >= 0.3 is 0 Å². The van der Waals surface area contributed by atoms with E-state index in [0.29, 0.717) is 12.8 Å². The number of anilines is 1. The monoisotopic (exact) mass is 389 g/mol. The minimum atomic E-state index is -0.382. The summed E-state index contributed by atoms with van der Waals surface area (Å²) in [6.45, 7) is 5.68. The summed E-state index contributed by atoms with van der Waals surface area (Å²) in [5.41, 5.74) is 7.64. The Bertz CT molecular complexity index is 613. The second-order valence-corrected chi connectivity index (χ2v) is 8.38. The molecule has 1 saturated heterocycles. The van der Waals surface area contributed by atoms with Crippen molar-refractivity contribution >= 4 is 17.9 Å². The van der Waals surface area contributed by atoms with Gasteiger partial charge in [-0.15, -0.1) is 0 Å². The predicted molar refractivity (Wildman–Crippen MR) is 118 cm³/mol. The van der Waals surface area contributed by atoms with Gasteiger partial charge in [-0.2, -0.15) is 0 Å². The molecule has 0 saturated carbocycles. The van der Waals surface area contributed by atoms with Crippen molar-refractivity contribution in [2.75, 3.05) is 38.6 Å². The second kappa shape index (κ2) is 11.2. The van der Waals surface area contributed by atoms with Gasteiger partial charge in [0.2, 0.25) is 5.91 Å². The average molecular weight is 390 g/mol. The van der Waals surface area contributed by atoms with Gasteiger partial charge in [0.25, 0.3) is 0 Å². The van der Waals surface area contributed by atoms with Gasteiger partial charge in [0.05, 0.1) is 5.92 Å². The Morgan fingerprint density at radius 2 is 1.89 bits per heavy atom. The second-order valence-electron chi connectivity index (χ2n) is 8.38. The molecule has 2 rings (SSSR count). The van der Waals surface area contributed by atoms with Gasteiger partial charge in [-0.1, -0.05) is 25.5 Å². The van der Waals surface area contributed by atoms with E-state index >= 15 is 0 Å². The SMILES string of the molecule is CCC(CCN(C)C)C1CCN(c2ccc(C(CCC=O)C(N)=O)cc2)CC1.[HH]. The van der Waals surface area contributed by atoms with Gasteiger partial charge in [-0.05, 0) is 75.9 Å². The van der Waals surface area contributed by atoms with E-state index in [0.717, 1.165) is 36.8 Å². The third kappa shape index (κ3) is 6.33. The van der Waals surface area contributed by atoms with Crippen LogP contribution in [0.5, 0.6) is 0 Å². The molecule has 0 radical (unpaired) electrons. The van der Waals surface area contributed by atoms with E-state index in [1.54, 1.807) is 0 Å². The number of amides is 1. The van der Waals surface area contributed by atoms with Gasteiger partial charge in [-0.25, -0.2) is 0 Å². The molecule has 0 aromatic heterocycles. The van der Waals surface area contributed by atoms with Crippen LogP contribution in [-0.2, 0) is 9.59 Å². The fraction of sp³-hybridized carbons (Fsp3) is 0.652. The molecule has 2 N–H and O–H groups in total. The van der Waals surface area contributed by atoms with E-state index in [2.05, 4.69) is 43.0 Å². The van der Waals surface area contributed by atoms with Crippen LogP contribution in [-0.4, -0.2) is 50.8 Å². The summed E-state index contributed by atoms with van der Waals surface area (Å²) in [5.74, 6) is 0.898. The maximum atomic E-state index is 11.7. The van der Waals surface area contributed by atoms with Crippen LogP contribution >= 0.6 is 0 Å². The van der Waals surface area contributed by atoms with Gasteiger partial charge in [0, 0.05) is 26.6 Å². The van der Waals surface area contributed by atoms with Crippen molar-refractivity contribution in [1.29, 1.82) is 0 Å². The molecule has 0 aliphatic carbocycles. The van der Waals surface area contributed by atoms with Gasteiger partial charge < -0.3 is 20.3 Å². The highest BCUT2D eigenvalue weighted by molar-refractivity contribution is 5.82. The van der Waals surface area contributed by atoms with Crippen molar-refractivity contribution < 1.29 is 11.0 Å². The first-order chi connectivity index (χ1) is 13.5. The fourth-order valence-corrected chi connectivity index (χ4v) is 4.45. The highest BCUT2D eigenvalue weighted by atomic mass is 16.1. The van der Waals surface area contributed by atoms with E-state index in [9.17, 15) is 9.59 Å². The van der Waals surface area contributed by atoms with Crippen molar-refractivity contribution in [3.63, 3.8) is 0 Å². The van der Waals surface area contributed by atoms with E-state index in [1.807, 2.05) is 12.1 Å². The number of piperidine rings is 1. The number of carbonyl (C=O) groups excluding carboxylic acids is 2. The zero-order valence-corrected chi connectivity index (χ0v) is 17.8. The molecule has 158 valence electrons. The van der Waals surface area contributed by atoms with Gasteiger partial charge in [0.1, 0.15) is 6.29 Å². The number of nitrogens with zero attached hydrogens (tertiary/aromatic N) is 2. The molecule has 1 aliphatic heterocycles. The third-order valence-electron chi connectivity index (χ3n) is 6.26. The molecule has 1 aromatic carbocycles. The molecule has 0 spiro atoms. The summed E-state index contributed by atoms with van der Waals surface area (Å²) in [5, 5.41) is 0. The first kappa shape index (κ1) is 22.4. The minimum Gasteiger partial charge on any atom is -0.372 e. The molecule has 1 aromatic rings. The zero-order valence-electron chi connectivity index (χ0n) is 17.8. The summed E-state index contributed by atoms with van der Waals surface area (Å²) in [7, 11) is 4.31. The minimum absolute atomic E-state index is 0. The average Bonchev–Trinajstić information content (AvgIpc) is 2.69. The van der Waals surface area contributed by atoms with Crippen molar-refractivity contribution in [3.8, 4) is 0 Å². The summed E-state index contributed by atoms with van der Waals surface area (Å²) < 4.78 is 0. The molecule has 1 amide bonds. The Hall–Kier alpha value is -1.88. The lowest BCUT2D eigenvalue weighted by atomic mass is 9.80. The number of rotatable bonds is 11. The number of primary amides is 1. The molecule has 2 unspecified atom stereocenters. The van der Waals surface area contributed by atoms with Gasteiger partial charge in [-0.3, -0.25) is 4.79 Å². The van der Waals surface area contributed by atoms with Crippen molar-refractivity contribution in [2.45, 2.75) is 51.4 Å². The van der Waals surface area contributed by atoms with Crippen LogP contribution in [0.3, 0.4) is 0 Å². The predicted octanol–water partition coefficient (Wildman–Crippen LogP) is 3.67. The smallest absolute Gasteiger partial charge is 0.224 e. The molecule has 2 atom stereocenters. The number of aldehydes is 1. The summed E-state index contributed by atoms with van der Waals surface area (Å²) in [6, 6.07) is 8.17. The number of nitrogens with two attached hydrogens (primary N) is 1. The Morgan fingerprint density at radius 1 is 1.25 bits per heavy atom. The molecule has 5 nitrogen and oxygen atoms in total. The molecule has 1 fully saturated rings. The topological polar surface area (TPSA) is 66.6 Å². The highest BCUT2D eigenvalue weighted by Crippen LogP contribution is 2.32. The lowest BCUT2D eigenvalue weighted by Gasteiger charge is -2.37. The van der Waals surface area contributed by atoms with E-state index in [1.165, 1.54) is 37.9 Å². The van der Waals surface area contributed by atoms with Crippen LogP contribution in [0.1, 0.15) is 58.4 Å². The first-order valence-electron chi connectivity index (χ1n) is 10.7. The van der Waals surface area contributed by atoms with Crippen LogP contribution in [0, 0.1) is 11.8 Å². The molecular formula is C23H39N3O2. The van der Waals surface area contributed by atoms with Crippen LogP contribution in [0.15, 0.2) is 24.3 Å². The first-order valence-corrected chi connectivity index (χ1v) is 10.7. The highest BCUT2D eigenvalue weighted by Gasteiger charge is 2.26. The Balaban J connectivity index is 0.00000420. The van der Waals surface area contributed by atoms with Crippen molar-refractivity contribution in [2.24, 2.45) is 17.6 Å². The number of hydrogen-bond acceptors (Lipinski definition) is 4. The standard InChI is InChI=1S/C23H37N3O2.H2/c1-4-18(11-14-25(2)3)19-12-15-26(16-13-19)21-9-7-20(8-10-21)22(23(24)28)6-5-17-27;/h7-10,17-19,22H,4-6,11-16H2,1-3H3,(H2,24,28);1H. The van der Waals surface area contributed by atoms with Gasteiger partial charge in [0.15, 0.2) is 0 Å². The number of carbonyl (C=O) groups is 2. The maximum Gasteiger partial charge on any atom is 0.224 e. The molecule has 1 aliphatic rings. The van der Waals surface area contributed by atoms with Crippen LogP contribution in [0.25, 0.3) is 0 Å². The lowest BCUT2D eigenvalue weighted by Crippen LogP contribution is -2.36. The maximum absolute atomic E-state index is 11.7. The van der Waals surface area contributed by atoms with Crippen LogP contribution < -0.4 is 10.6 Å². The lowest BCUT2D eigenvalue weighted by molar-refractivity contribution is -0.119. The van der Waals surface area contributed by atoms with E-state index in [-0.39, 0.29) is 13.3 Å². The molecule has 0 bridgehead atoms. The summed E-state index contributed by atoms with van der Waals surface area (Å²) >= 11 is 0. The summed E-state index contributed by atoms with van der Waals surface area (Å²) in [6.07, 6.45) is 6.73. The quantitative estimate of drug-likeness (QED) is 0.586. The van der Waals surface area contributed by atoms with Crippen molar-refractivity contribution in [1.82, 2.24) is 4.90 Å². The Kier molecular flexibility index (Phi) is 8.97. The van der Waals surface area contributed by atoms with E-state index in [4.69, 9.17) is 5.73 Å². The Morgan fingerprint density at radius 3 is 2.39 bits per heavy atom. The number of hydrogen-bond donors (Lipinski definition) is 1.